The molecule has 0 bridgehead atoms. The third-order valence-electron chi connectivity index (χ3n) is 9.24. The molecule has 0 N–H and O–H groups in total. The first-order valence-corrected chi connectivity index (χ1v) is 23.4. The lowest BCUT2D eigenvalue weighted by Gasteiger charge is -2.26. The predicted molar refractivity (Wildman–Crippen MR) is 266 cm³/mol. The molecule has 18 heteroatoms. The maximum atomic E-state index is 11.4. The van der Waals surface area contributed by atoms with E-state index in [2.05, 4.69) is 40.2 Å². The average molecular weight is 1000 g/mol. The summed E-state index contributed by atoms with van der Waals surface area (Å²) in [4.78, 5) is 45.1. The number of hydrogen-bond donors (Lipinski definition) is 0. The van der Waals surface area contributed by atoms with E-state index in [9.17, 15) is 19.2 Å². The van der Waals surface area contributed by atoms with Gasteiger partial charge in [0.1, 0.15) is 51.1 Å². The highest BCUT2D eigenvalue weighted by molar-refractivity contribution is 5.88. The van der Waals surface area contributed by atoms with Crippen LogP contribution < -0.4 is 9.47 Å². The van der Waals surface area contributed by atoms with Crippen LogP contribution in [-0.4, -0.2) is 169 Å². The van der Waals surface area contributed by atoms with Gasteiger partial charge in [-0.3, -0.25) is 0 Å². The number of carbonyl (C=O) groups is 4. The van der Waals surface area contributed by atoms with Gasteiger partial charge in [-0.05, 0) is 63.1 Å². The van der Waals surface area contributed by atoms with Crippen LogP contribution in [0.25, 0.3) is 0 Å². The Morgan fingerprint density at radius 3 is 0.704 bits per heavy atom. The van der Waals surface area contributed by atoms with Gasteiger partial charge in [0.25, 0.3) is 0 Å². The maximum absolute atomic E-state index is 11.4. The van der Waals surface area contributed by atoms with E-state index in [0.717, 1.165) is 11.1 Å². The Balaban J connectivity index is 0.000000716. The first-order valence-electron chi connectivity index (χ1n) is 23.4. The second kappa shape index (κ2) is 40.2. The largest absolute Gasteiger partial charge is 0.490 e. The molecule has 2 rings (SSSR count). The minimum absolute atomic E-state index is 0.170. The Hall–Kier alpha value is -5.44. The molecule has 0 fully saturated rings. The zero-order valence-corrected chi connectivity index (χ0v) is 42.9. The Bertz CT molecular complexity index is 1710. The summed E-state index contributed by atoms with van der Waals surface area (Å²) in [5.74, 6) is -0.258. The summed E-state index contributed by atoms with van der Waals surface area (Å²) in [7, 11) is 0. The van der Waals surface area contributed by atoms with Crippen molar-refractivity contribution < 1.29 is 85.5 Å². The van der Waals surface area contributed by atoms with E-state index in [1.807, 2.05) is 48.5 Å². The van der Waals surface area contributed by atoms with E-state index in [4.69, 9.17) is 66.3 Å². The summed E-state index contributed by atoms with van der Waals surface area (Å²) in [6.07, 6.45) is 0. The van der Waals surface area contributed by atoms with Crippen LogP contribution in [0, 0.1) is 0 Å². The molecule has 2 aromatic carbocycles. The van der Waals surface area contributed by atoms with Crippen LogP contribution in [0.15, 0.2) is 97.1 Å². The van der Waals surface area contributed by atoms with Crippen molar-refractivity contribution in [3.63, 3.8) is 0 Å². The molecule has 0 saturated carbocycles. The fourth-order valence-corrected chi connectivity index (χ4v) is 5.21. The lowest BCUT2D eigenvalue weighted by molar-refractivity contribution is -0.141. The number of ether oxygens (including phenoxy) is 14. The minimum Gasteiger partial charge on any atom is -0.490 e. The van der Waals surface area contributed by atoms with Gasteiger partial charge in [-0.15, -0.1) is 0 Å². The fraction of sp³-hybridized carbons (Fsp3) is 0.547. The van der Waals surface area contributed by atoms with Crippen molar-refractivity contribution in [2.24, 2.45) is 0 Å². The van der Waals surface area contributed by atoms with Crippen molar-refractivity contribution in [2.45, 2.75) is 47.0 Å². The van der Waals surface area contributed by atoms with Crippen LogP contribution in [0.4, 0.5) is 0 Å². The Kier molecular flexibility index (Phi) is 36.0. The van der Waals surface area contributed by atoms with E-state index in [1.54, 1.807) is 27.7 Å². The molecule has 0 atom stereocenters. The van der Waals surface area contributed by atoms with E-state index in [-0.39, 0.29) is 45.1 Å². The van der Waals surface area contributed by atoms with Crippen molar-refractivity contribution >= 4 is 23.9 Å². The monoisotopic (exact) mass is 1000 g/mol. The average Bonchev–Trinajstić information content (AvgIpc) is 3.35. The summed E-state index contributed by atoms with van der Waals surface area (Å²) >= 11 is 0. The lowest BCUT2D eigenvalue weighted by atomic mass is 9.78. The SMILES string of the molecule is C=C(C)C(=O)OCCOCCOCCOCCOCCOCCOCCOCCOCCOC(=O)C(=C)C.C=C(C)C(=O)OCCOc1ccc(C(C)(C)c2ccc(OCCOC(=O)C(=C)C)cc2)cc1. The molecule has 0 amide bonds. The standard InChI is InChI=1S/C27H32O6.C26H46O12/c1-19(2)25(28)32-17-15-30-23-11-7-21(8-12-23)27(5,6)22-9-13-24(14-10-22)31-16-18-33-26(29)20(3)4;1-23(2)25(27)37-21-19-35-17-15-33-13-11-31-9-7-29-5-6-30-8-10-32-12-14-34-16-18-36-20-22-38-26(28)24(3)4/h7-14H,1,3,15-18H2,2,4-6H3;1,3,5-22H2,2,4H3. The predicted octanol–water partition coefficient (Wildman–Crippen LogP) is 6.37. The molecule has 0 aliphatic carbocycles. The Morgan fingerprint density at radius 1 is 0.324 bits per heavy atom. The van der Waals surface area contributed by atoms with Crippen LogP contribution >= 0.6 is 0 Å². The molecule has 0 radical (unpaired) electrons. The molecule has 398 valence electrons. The lowest BCUT2D eigenvalue weighted by Crippen LogP contribution is -2.19. The smallest absolute Gasteiger partial charge is 0.333 e. The number of hydrogen-bond acceptors (Lipinski definition) is 18. The van der Waals surface area contributed by atoms with Crippen LogP contribution in [0.5, 0.6) is 11.5 Å². The minimum atomic E-state index is -0.418. The van der Waals surface area contributed by atoms with E-state index in [0.29, 0.717) is 140 Å². The van der Waals surface area contributed by atoms with Crippen molar-refractivity contribution in [3.8, 4) is 11.5 Å². The van der Waals surface area contributed by atoms with Crippen LogP contribution in [0.2, 0.25) is 0 Å². The molecule has 0 aromatic heterocycles. The van der Waals surface area contributed by atoms with Gasteiger partial charge in [-0.2, -0.15) is 0 Å². The van der Waals surface area contributed by atoms with Crippen molar-refractivity contribution in [1.82, 2.24) is 0 Å². The molecular formula is C53H78O18. The van der Waals surface area contributed by atoms with Gasteiger partial charge in [0.15, 0.2) is 0 Å². The molecule has 18 nitrogen and oxygen atoms in total. The summed E-state index contributed by atoms with van der Waals surface area (Å²) in [5.41, 5.74) is 3.49. The first kappa shape index (κ1) is 63.6. The molecule has 0 heterocycles. The van der Waals surface area contributed by atoms with Gasteiger partial charge >= 0.3 is 23.9 Å². The molecule has 2 aromatic rings. The first-order chi connectivity index (χ1) is 34.1. The second-order valence-electron chi connectivity index (χ2n) is 15.9. The zero-order chi connectivity index (χ0) is 52.5. The van der Waals surface area contributed by atoms with Crippen LogP contribution in [-0.2, 0) is 81.4 Å². The highest BCUT2D eigenvalue weighted by Crippen LogP contribution is 2.33. The molecule has 0 aliphatic rings. The van der Waals surface area contributed by atoms with Crippen molar-refractivity contribution in [1.29, 1.82) is 0 Å². The molecule has 0 spiro atoms. The molecular weight excluding hydrogens is 925 g/mol. The normalized spacial score (nSPS) is 10.8. The second-order valence-corrected chi connectivity index (χ2v) is 15.9. The third kappa shape index (κ3) is 33.0. The van der Waals surface area contributed by atoms with E-state index in [1.165, 1.54) is 0 Å². The molecule has 71 heavy (non-hydrogen) atoms. The van der Waals surface area contributed by atoms with Crippen molar-refractivity contribution in [2.75, 3.05) is 145 Å². The molecule has 0 saturated heterocycles. The quantitative estimate of drug-likeness (QED) is 0.0308. The van der Waals surface area contributed by atoms with Gasteiger partial charge in [0, 0.05) is 27.7 Å². The Labute approximate surface area is 420 Å². The van der Waals surface area contributed by atoms with Gasteiger partial charge in [-0.25, -0.2) is 19.2 Å². The number of carbonyl (C=O) groups excluding carboxylic acids is 4. The van der Waals surface area contributed by atoms with Crippen LogP contribution in [0.3, 0.4) is 0 Å². The van der Waals surface area contributed by atoms with E-state index < -0.39 is 23.9 Å². The topological polar surface area (TPSA) is 197 Å². The summed E-state index contributed by atoms with van der Waals surface area (Å²) in [5, 5.41) is 0. The molecule has 0 aliphatic heterocycles. The molecule has 0 unspecified atom stereocenters. The summed E-state index contributed by atoms with van der Waals surface area (Å²) < 4.78 is 74.1. The highest BCUT2D eigenvalue weighted by atomic mass is 16.6. The highest BCUT2D eigenvalue weighted by Gasteiger charge is 2.23. The number of esters is 4. The summed E-state index contributed by atoms with van der Waals surface area (Å²) in [6, 6.07) is 15.7. The van der Waals surface area contributed by atoms with Crippen LogP contribution in [0.1, 0.15) is 52.7 Å². The Morgan fingerprint density at radius 2 is 0.507 bits per heavy atom. The zero-order valence-electron chi connectivity index (χ0n) is 42.9. The fourth-order valence-electron chi connectivity index (χ4n) is 5.21. The number of rotatable bonds is 41. The van der Waals surface area contributed by atoms with Gasteiger partial charge < -0.3 is 66.3 Å². The van der Waals surface area contributed by atoms with Gasteiger partial charge in [0.2, 0.25) is 0 Å². The number of benzene rings is 2. The van der Waals surface area contributed by atoms with Crippen molar-refractivity contribution in [3.05, 3.63) is 108 Å². The van der Waals surface area contributed by atoms with Gasteiger partial charge in [-0.1, -0.05) is 64.4 Å². The van der Waals surface area contributed by atoms with E-state index >= 15 is 0 Å². The third-order valence-corrected chi connectivity index (χ3v) is 9.24. The van der Waals surface area contributed by atoms with Gasteiger partial charge in [0.05, 0.1) is 106 Å². The summed E-state index contributed by atoms with van der Waals surface area (Å²) in [6.45, 7) is 33.1. The maximum Gasteiger partial charge on any atom is 0.333 e.